The van der Waals surface area contributed by atoms with Crippen LogP contribution in [0.25, 0.3) is 0 Å². The molecule has 0 aliphatic carbocycles. The van der Waals surface area contributed by atoms with Gasteiger partial charge in [0, 0.05) is 30.7 Å². The van der Waals surface area contributed by atoms with Crippen LogP contribution in [0.1, 0.15) is 24.1 Å². The van der Waals surface area contributed by atoms with Gasteiger partial charge in [0.25, 0.3) is 0 Å². The first kappa shape index (κ1) is 17.1. The summed E-state index contributed by atoms with van der Waals surface area (Å²) in [5.74, 6) is -0.113. The normalized spacial score (nSPS) is 17.2. The van der Waals surface area contributed by atoms with Crippen LogP contribution < -0.4 is 5.32 Å². The summed E-state index contributed by atoms with van der Waals surface area (Å²) in [7, 11) is 0. The monoisotopic (exact) mass is 337 g/mol. The number of rotatable bonds is 4. The molecule has 2 amide bonds. The number of aryl methyl sites for hydroxylation is 1. The lowest BCUT2D eigenvalue weighted by atomic mass is 9.96. The molecule has 1 unspecified atom stereocenters. The molecule has 1 aliphatic rings. The van der Waals surface area contributed by atoms with E-state index in [2.05, 4.69) is 10.3 Å². The van der Waals surface area contributed by atoms with E-state index in [4.69, 9.17) is 0 Å². The van der Waals surface area contributed by atoms with Crippen molar-refractivity contribution in [2.45, 2.75) is 26.2 Å². The van der Waals surface area contributed by atoms with Gasteiger partial charge in [-0.25, -0.2) is 0 Å². The Labute approximate surface area is 148 Å². The van der Waals surface area contributed by atoms with Crippen LogP contribution in [0.15, 0.2) is 48.7 Å². The average molecular weight is 337 g/mol. The van der Waals surface area contributed by atoms with Crippen molar-refractivity contribution < 1.29 is 9.59 Å². The molecule has 130 valence electrons. The number of piperidine rings is 1. The van der Waals surface area contributed by atoms with Crippen LogP contribution in [0.5, 0.6) is 0 Å². The van der Waals surface area contributed by atoms with Crippen molar-refractivity contribution in [2.24, 2.45) is 5.92 Å². The Bertz CT molecular complexity index is 728. The van der Waals surface area contributed by atoms with Gasteiger partial charge in [0.15, 0.2) is 0 Å². The molecule has 3 rings (SSSR count). The minimum absolute atomic E-state index is 0.0132. The molecule has 2 aromatic rings. The molecular formula is C20H23N3O2. The Hall–Kier alpha value is -2.69. The molecule has 1 aromatic heterocycles. The number of carbonyl (C=O) groups excluding carboxylic acids is 2. The second-order valence-electron chi connectivity index (χ2n) is 6.52. The number of para-hydroxylation sites is 1. The lowest BCUT2D eigenvalue weighted by Crippen LogP contribution is -2.44. The van der Waals surface area contributed by atoms with Gasteiger partial charge < -0.3 is 10.2 Å². The van der Waals surface area contributed by atoms with Crippen LogP contribution in [0.4, 0.5) is 5.69 Å². The lowest BCUT2D eigenvalue weighted by Gasteiger charge is -2.32. The van der Waals surface area contributed by atoms with Crippen molar-refractivity contribution in [1.29, 1.82) is 0 Å². The van der Waals surface area contributed by atoms with Crippen LogP contribution in [0.2, 0.25) is 0 Å². The second kappa shape index (κ2) is 7.92. The highest BCUT2D eigenvalue weighted by Gasteiger charge is 2.28. The first-order valence-electron chi connectivity index (χ1n) is 8.67. The van der Waals surface area contributed by atoms with Gasteiger partial charge in [0.05, 0.1) is 12.3 Å². The van der Waals surface area contributed by atoms with E-state index in [1.54, 1.807) is 11.1 Å². The van der Waals surface area contributed by atoms with Gasteiger partial charge in [0.1, 0.15) is 0 Å². The number of pyridine rings is 1. The first-order valence-corrected chi connectivity index (χ1v) is 8.67. The van der Waals surface area contributed by atoms with Gasteiger partial charge in [-0.2, -0.15) is 0 Å². The van der Waals surface area contributed by atoms with Crippen molar-refractivity contribution in [1.82, 2.24) is 9.88 Å². The molecule has 0 saturated carbocycles. The van der Waals surface area contributed by atoms with Gasteiger partial charge in [0.2, 0.25) is 11.8 Å². The Morgan fingerprint density at radius 3 is 2.72 bits per heavy atom. The molecule has 0 radical (unpaired) electrons. The fraction of sp³-hybridized carbons (Fsp3) is 0.350. The summed E-state index contributed by atoms with van der Waals surface area (Å²) in [4.78, 5) is 31.1. The number of aromatic nitrogens is 1. The maximum absolute atomic E-state index is 12.5. The molecule has 2 heterocycles. The van der Waals surface area contributed by atoms with Gasteiger partial charge >= 0.3 is 0 Å². The van der Waals surface area contributed by atoms with Crippen molar-refractivity contribution in [2.75, 3.05) is 18.4 Å². The fourth-order valence-electron chi connectivity index (χ4n) is 3.07. The number of benzene rings is 1. The van der Waals surface area contributed by atoms with E-state index in [9.17, 15) is 9.59 Å². The summed E-state index contributed by atoms with van der Waals surface area (Å²) in [6.45, 7) is 3.12. The predicted molar refractivity (Wildman–Crippen MR) is 97.1 cm³/mol. The summed E-state index contributed by atoms with van der Waals surface area (Å²) in [6, 6.07) is 13.3. The number of nitrogens with zero attached hydrogens (tertiary/aromatic N) is 2. The molecular weight excluding hydrogens is 314 g/mol. The van der Waals surface area contributed by atoms with Gasteiger partial charge in [-0.1, -0.05) is 24.3 Å². The minimum Gasteiger partial charge on any atom is -0.342 e. The van der Waals surface area contributed by atoms with E-state index in [1.807, 2.05) is 49.4 Å². The molecule has 1 atom stereocenters. The predicted octanol–water partition coefficient (Wildman–Crippen LogP) is 2.81. The molecule has 1 N–H and O–H groups in total. The van der Waals surface area contributed by atoms with E-state index in [-0.39, 0.29) is 17.7 Å². The summed E-state index contributed by atoms with van der Waals surface area (Å²) >= 11 is 0. The standard InChI is InChI=1S/C20H23N3O2/c1-15-9-10-16(13-21-15)12-19(24)23-11-5-6-17(14-23)20(25)22-18-7-3-2-4-8-18/h2-4,7-10,13,17H,5-6,11-12,14H2,1H3,(H,22,25). The quantitative estimate of drug-likeness (QED) is 0.933. The molecule has 1 aliphatic heterocycles. The van der Waals surface area contributed by atoms with Crippen LogP contribution in [0.3, 0.4) is 0 Å². The van der Waals surface area contributed by atoms with Crippen molar-refractivity contribution in [3.63, 3.8) is 0 Å². The minimum atomic E-state index is -0.158. The number of hydrogen-bond donors (Lipinski definition) is 1. The van der Waals surface area contributed by atoms with E-state index >= 15 is 0 Å². The molecule has 25 heavy (non-hydrogen) atoms. The molecule has 5 nitrogen and oxygen atoms in total. The van der Waals surface area contributed by atoms with Crippen LogP contribution in [-0.2, 0) is 16.0 Å². The van der Waals surface area contributed by atoms with E-state index < -0.39 is 0 Å². The van der Waals surface area contributed by atoms with Crippen molar-refractivity contribution in [3.05, 3.63) is 59.9 Å². The Morgan fingerprint density at radius 1 is 1.20 bits per heavy atom. The average Bonchev–Trinajstić information content (AvgIpc) is 2.64. The summed E-state index contributed by atoms with van der Waals surface area (Å²) in [6.07, 6.45) is 3.75. The smallest absolute Gasteiger partial charge is 0.229 e. The largest absolute Gasteiger partial charge is 0.342 e. The summed E-state index contributed by atoms with van der Waals surface area (Å²) in [5.41, 5.74) is 2.64. The van der Waals surface area contributed by atoms with E-state index in [0.717, 1.165) is 29.8 Å². The highest BCUT2D eigenvalue weighted by atomic mass is 16.2. The number of amides is 2. The number of carbonyl (C=O) groups is 2. The van der Waals surface area contributed by atoms with E-state index in [0.29, 0.717) is 19.5 Å². The van der Waals surface area contributed by atoms with Gasteiger partial charge in [-0.05, 0) is 43.5 Å². The fourth-order valence-corrected chi connectivity index (χ4v) is 3.07. The van der Waals surface area contributed by atoms with E-state index in [1.165, 1.54) is 0 Å². The van der Waals surface area contributed by atoms with Crippen molar-refractivity contribution in [3.8, 4) is 0 Å². The number of nitrogens with one attached hydrogen (secondary N) is 1. The van der Waals surface area contributed by atoms with Crippen LogP contribution in [0, 0.1) is 12.8 Å². The number of likely N-dealkylation sites (tertiary alicyclic amines) is 1. The number of anilines is 1. The van der Waals surface area contributed by atoms with Crippen LogP contribution >= 0.6 is 0 Å². The highest BCUT2D eigenvalue weighted by molar-refractivity contribution is 5.93. The number of hydrogen-bond acceptors (Lipinski definition) is 3. The molecule has 1 fully saturated rings. The molecule has 5 heteroatoms. The Morgan fingerprint density at radius 2 is 2.00 bits per heavy atom. The SMILES string of the molecule is Cc1ccc(CC(=O)N2CCCC(C(=O)Nc3ccccc3)C2)cn1. The molecule has 1 aromatic carbocycles. The third-order valence-electron chi connectivity index (χ3n) is 4.51. The summed E-state index contributed by atoms with van der Waals surface area (Å²) < 4.78 is 0. The lowest BCUT2D eigenvalue weighted by molar-refractivity contribution is -0.133. The third-order valence-corrected chi connectivity index (χ3v) is 4.51. The van der Waals surface area contributed by atoms with Gasteiger partial charge in [-0.3, -0.25) is 14.6 Å². The van der Waals surface area contributed by atoms with Gasteiger partial charge in [-0.15, -0.1) is 0 Å². The molecule has 0 spiro atoms. The zero-order valence-corrected chi connectivity index (χ0v) is 14.4. The molecule has 0 bridgehead atoms. The highest BCUT2D eigenvalue weighted by Crippen LogP contribution is 2.19. The zero-order chi connectivity index (χ0) is 17.6. The Balaban J connectivity index is 1.57. The second-order valence-corrected chi connectivity index (χ2v) is 6.52. The van der Waals surface area contributed by atoms with Crippen molar-refractivity contribution >= 4 is 17.5 Å². The Kier molecular flexibility index (Phi) is 5.43. The topological polar surface area (TPSA) is 62.3 Å². The summed E-state index contributed by atoms with van der Waals surface area (Å²) in [5, 5.41) is 2.94. The maximum Gasteiger partial charge on any atom is 0.229 e. The third kappa shape index (κ3) is 4.66. The first-order chi connectivity index (χ1) is 12.1. The zero-order valence-electron chi connectivity index (χ0n) is 14.4. The molecule has 1 saturated heterocycles. The van der Waals surface area contributed by atoms with Crippen LogP contribution in [-0.4, -0.2) is 34.8 Å². The maximum atomic E-state index is 12.5.